The third-order valence-electron chi connectivity index (χ3n) is 3.84. The molecule has 2 rings (SSSR count). The van der Waals surface area contributed by atoms with Gasteiger partial charge in [-0.05, 0) is 39.5 Å². The van der Waals surface area contributed by atoms with E-state index in [4.69, 9.17) is 5.26 Å². The van der Waals surface area contributed by atoms with Crippen molar-refractivity contribution < 1.29 is 4.39 Å². The maximum absolute atomic E-state index is 14.0. The van der Waals surface area contributed by atoms with Crippen molar-refractivity contribution in [1.82, 2.24) is 9.80 Å². The zero-order valence-electron chi connectivity index (χ0n) is 11.6. The average Bonchev–Trinajstić information content (AvgIpc) is 2.41. The SMILES string of the molecule is CN1CCCC(N(C)Cc2cccc(C#N)c2F)C1. The molecule has 3 nitrogen and oxygen atoms in total. The van der Waals surface area contributed by atoms with Crippen molar-refractivity contribution in [1.29, 1.82) is 5.26 Å². The van der Waals surface area contributed by atoms with Gasteiger partial charge in [-0.2, -0.15) is 5.26 Å². The topological polar surface area (TPSA) is 30.3 Å². The molecule has 0 bridgehead atoms. The summed E-state index contributed by atoms with van der Waals surface area (Å²) in [5, 5.41) is 8.85. The lowest BCUT2D eigenvalue weighted by atomic mass is 10.0. The van der Waals surface area contributed by atoms with Gasteiger partial charge < -0.3 is 4.90 Å². The second-order valence-corrected chi connectivity index (χ2v) is 5.36. The average molecular weight is 261 g/mol. The number of nitrogens with zero attached hydrogens (tertiary/aromatic N) is 3. The van der Waals surface area contributed by atoms with Crippen LogP contribution in [0, 0.1) is 17.1 Å². The van der Waals surface area contributed by atoms with Gasteiger partial charge in [0.25, 0.3) is 0 Å². The van der Waals surface area contributed by atoms with Crippen molar-refractivity contribution in [3.05, 3.63) is 35.1 Å². The number of likely N-dealkylation sites (tertiary alicyclic amines) is 1. The summed E-state index contributed by atoms with van der Waals surface area (Å²) in [5.41, 5.74) is 0.737. The van der Waals surface area contributed by atoms with Gasteiger partial charge in [0, 0.05) is 24.7 Å². The van der Waals surface area contributed by atoms with Crippen LogP contribution >= 0.6 is 0 Å². The first-order valence-electron chi connectivity index (χ1n) is 6.68. The molecule has 0 amide bonds. The molecule has 1 aliphatic rings. The first kappa shape index (κ1) is 14.0. The summed E-state index contributed by atoms with van der Waals surface area (Å²) >= 11 is 0. The number of nitriles is 1. The molecule has 1 aromatic rings. The fourth-order valence-electron chi connectivity index (χ4n) is 2.68. The number of likely N-dealkylation sites (N-methyl/N-ethyl adjacent to an activating group) is 2. The van der Waals surface area contributed by atoms with E-state index in [-0.39, 0.29) is 11.4 Å². The molecule has 1 fully saturated rings. The molecule has 0 aliphatic carbocycles. The van der Waals surface area contributed by atoms with Gasteiger partial charge in [0.15, 0.2) is 0 Å². The Morgan fingerprint density at radius 1 is 1.53 bits per heavy atom. The Morgan fingerprint density at radius 3 is 3.00 bits per heavy atom. The van der Waals surface area contributed by atoms with Crippen LogP contribution in [0.5, 0.6) is 0 Å². The minimum atomic E-state index is -0.374. The highest BCUT2D eigenvalue weighted by Gasteiger charge is 2.22. The normalized spacial score (nSPS) is 20.5. The Morgan fingerprint density at radius 2 is 2.32 bits per heavy atom. The third-order valence-corrected chi connectivity index (χ3v) is 3.84. The summed E-state index contributed by atoms with van der Waals surface area (Å²) in [4.78, 5) is 4.50. The maximum atomic E-state index is 14.0. The van der Waals surface area contributed by atoms with Crippen molar-refractivity contribution in [2.24, 2.45) is 0 Å². The Balaban J connectivity index is 2.06. The molecule has 19 heavy (non-hydrogen) atoms. The summed E-state index contributed by atoms with van der Waals surface area (Å²) in [5.74, 6) is -0.374. The van der Waals surface area contributed by atoms with Crippen LogP contribution in [0.3, 0.4) is 0 Å². The molecule has 102 valence electrons. The number of halogens is 1. The summed E-state index contributed by atoms with van der Waals surface area (Å²) in [7, 11) is 4.15. The van der Waals surface area contributed by atoms with Gasteiger partial charge in [-0.15, -0.1) is 0 Å². The predicted molar refractivity (Wildman–Crippen MR) is 73.1 cm³/mol. The zero-order chi connectivity index (χ0) is 13.8. The first-order valence-corrected chi connectivity index (χ1v) is 6.68. The minimum absolute atomic E-state index is 0.131. The van der Waals surface area contributed by atoms with Crippen molar-refractivity contribution in [2.45, 2.75) is 25.4 Å². The Kier molecular flexibility index (Phi) is 4.52. The molecular formula is C15H20FN3. The third kappa shape index (κ3) is 3.31. The molecule has 1 unspecified atom stereocenters. The fourth-order valence-corrected chi connectivity index (χ4v) is 2.68. The van der Waals surface area contributed by atoms with Crippen LogP contribution in [0.25, 0.3) is 0 Å². The minimum Gasteiger partial charge on any atom is -0.305 e. The number of benzene rings is 1. The van der Waals surface area contributed by atoms with E-state index >= 15 is 0 Å². The summed E-state index contributed by atoms with van der Waals surface area (Å²) in [6, 6.07) is 7.39. The number of hydrogen-bond donors (Lipinski definition) is 0. The van der Waals surface area contributed by atoms with Crippen LogP contribution in [0.4, 0.5) is 4.39 Å². The molecule has 0 radical (unpaired) electrons. The van der Waals surface area contributed by atoms with E-state index in [1.54, 1.807) is 12.1 Å². The van der Waals surface area contributed by atoms with Crippen LogP contribution in [-0.2, 0) is 6.54 Å². The summed E-state index contributed by atoms with van der Waals surface area (Å²) in [6.07, 6.45) is 2.34. The van der Waals surface area contributed by atoms with Crippen molar-refractivity contribution in [3.8, 4) is 6.07 Å². The monoisotopic (exact) mass is 261 g/mol. The molecule has 4 heteroatoms. The van der Waals surface area contributed by atoms with Gasteiger partial charge in [-0.1, -0.05) is 12.1 Å². The van der Waals surface area contributed by atoms with E-state index in [0.717, 1.165) is 19.5 Å². The van der Waals surface area contributed by atoms with Crippen molar-refractivity contribution in [3.63, 3.8) is 0 Å². The number of piperidine rings is 1. The second-order valence-electron chi connectivity index (χ2n) is 5.36. The molecule has 0 N–H and O–H groups in total. The lowest BCUT2D eigenvalue weighted by Gasteiger charge is -2.36. The fraction of sp³-hybridized carbons (Fsp3) is 0.533. The Bertz CT molecular complexity index is 481. The van der Waals surface area contributed by atoms with Gasteiger partial charge in [-0.3, -0.25) is 4.90 Å². The molecule has 1 aromatic carbocycles. The molecule has 0 aromatic heterocycles. The predicted octanol–water partition coefficient (Wildman–Crippen LogP) is 2.22. The highest BCUT2D eigenvalue weighted by Crippen LogP contribution is 2.18. The number of rotatable bonds is 3. The molecule has 0 saturated carbocycles. The molecular weight excluding hydrogens is 241 g/mol. The van der Waals surface area contributed by atoms with Gasteiger partial charge in [0.2, 0.25) is 0 Å². The van der Waals surface area contributed by atoms with Crippen LogP contribution in [-0.4, -0.2) is 43.0 Å². The van der Waals surface area contributed by atoms with Crippen LogP contribution < -0.4 is 0 Å². The molecule has 1 atom stereocenters. The maximum Gasteiger partial charge on any atom is 0.145 e. The van der Waals surface area contributed by atoms with Gasteiger partial charge >= 0.3 is 0 Å². The smallest absolute Gasteiger partial charge is 0.145 e. The van der Waals surface area contributed by atoms with Crippen molar-refractivity contribution >= 4 is 0 Å². The summed E-state index contributed by atoms with van der Waals surface area (Å²) < 4.78 is 14.0. The van der Waals surface area contributed by atoms with E-state index < -0.39 is 0 Å². The first-order chi connectivity index (χ1) is 9.11. The molecule has 0 spiro atoms. The van der Waals surface area contributed by atoms with E-state index in [0.29, 0.717) is 18.2 Å². The largest absolute Gasteiger partial charge is 0.305 e. The van der Waals surface area contributed by atoms with E-state index in [1.165, 1.54) is 12.5 Å². The van der Waals surface area contributed by atoms with E-state index in [9.17, 15) is 4.39 Å². The van der Waals surface area contributed by atoms with Crippen LogP contribution in [0.2, 0.25) is 0 Å². The van der Waals surface area contributed by atoms with Crippen LogP contribution in [0.1, 0.15) is 24.0 Å². The molecule has 1 saturated heterocycles. The van der Waals surface area contributed by atoms with E-state index in [1.807, 2.05) is 13.1 Å². The highest BCUT2D eigenvalue weighted by atomic mass is 19.1. The highest BCUT2D eigenvalue weighted by molar-refractivity contribution is 5.34. The zero-order valence-corrected chi connectivity index (χ0v) is 11.6. The van der Waals surface area contributed by atoms with Gasteiger partial charge in [0.1, 0.15) is 11.9 Å². The summed E-state index contributed by atoms with van der Waals surface area (Å²) in [6.45, 7) is 2.72. The van der Waals surface area contributed by atoms with Crippen LogP contribution in [0.15, 0.2) is 18.2 Å². The quantitative estimate of drug-likeness (QED) is 0.836. The lowest BCUT2D eigenvalue weighted by Crippen LogP contribution is -2.44. The second kappa shape index (κ2) is 6.14. The Hall–Kier alpha value is -1.44. The standard InChI is InChI=1S/C15H20FN3/c1-18-8-4-7-14(11-18)19(2)10-13-6-3-5-12(9-17)15(13)16/h3,5-6,14H,4,7-8,10-11H2,1-2H3. The van der Waals surface area contributed by atoms with E-state index in [2.05, 4.69) is 16.8 Å². The van der Waals surface area contributed by atoms with Crippen molar-refractivity contribution in [2.75, 3.05) is 27.2 Å². The van der Waals surface area contributed by atoms with Gasteiger partial charge in [0.05, 0.1) is 5.56 Å². The molecule has 1 aliphatic heterocycles. The lowest BCUT2D eigenvalue weighted by molar-refractivity contribution is 0.128. The molecule has 1 heterocycles. The number of hydrogen-bond acceptors (Lipinski definition) is 3. The van der Waals surface area contributed by atoms with Gasteiger partial charge in [-0.25, -0.2) is 4.39 Å². The Labute approximate surface area is 114 Å².